The van der Waals surface area contributed by atoms with E-state index in [4.69, 9.17) is 4.74 Å². The Morgan fingerprint density at radius 2 is 2.00 bits per heavy atom. The van der Waals surface area contributed by atoms with Gasteiger partial charge in [0.1, 0.15) is 11.8 Å². The van der Waals surface area contributed by atoms with E-state index in [1.807, 2.05) is 49.5 Å². The largest absolute Gasteiger partial charge is 0.497 e. The molecule has 0 aliphatic carbocycles. The predicted molar refractivity (Wildman–Crippen MR) is 132 cm³/mol. The van der Waals surface area contributed by atoms with Gasteiger partial charge in [-0.25, -0.2) is 0 Å². The summed E-state index contributed by atoms with van der Waals surface area (Å²) < 4.78 is 7.48. The minimum Gasteiger partial charge on any atom is -0.497 e. The Morgan fingerprint density at radius 1 is 1.21 bits per heavy atom. The molecule has 6 nitrogen and oxygen atoms in total. The van der Waals surface area contributed by atoms with E-state index in [1.54, 1.807) is 12.0 Å². The molecule has 3 aromatic rings. The summed E-state index contributed by atoms with van der Waals surface area (Å²) in [4.78, 5) is 28.8. The molecule has 0 bridgehead atoms. The summed E-state index contributed by atoms with van der Waals surface area (Å²) in [5.41, 5.74) is 2.90. The Labute approximate surface area is 199 Å². The molecule has 4 rings (SSSR count). The number of nitrogens with zero attached hydrogens (tertiary/aromatic N) is 2. The molecule has 0 saturated heterocycles. The number of nitrogens with one attached hydrogen (secondary N) is 1. The molecule has 0 fully saturated rings. The summed E-state index contributed by atoms with van der Waals surface area (Å²) in [7, 11) is 3.63. The minimum atomic E-state index is -0.702. The number of aryl methyl sites for hydroxylation is 1. The molecule has 2 amide bonds. The van der Waals surface area contributed by atoms with Crippen LogP contribution in [0.2, 0.25) is 0 Å². The number of hydrogen-bond donors (Lipinski definition) is 1. The number of aromatic nitrogens is 1. The number of methoxy groups -OCH3 is 1. The zero-order valence-corrected chi connectivity index (χ0v) is 20.4. The summed E-state index contributed by atoms with van der Waals surface area (Å²) in [6.07, 6.45) is 0.888. The minimum absolute atomic E-state index is 0.0490. The number of fused-ring (bicyclic) bond motifs is 3. The van der Waals surface area contributed by atoms with Crippen LogP contribution in [0.4, 0.5) is 0 Å². The van der Waals surface area contributed by atoms with E-state index in [1.165, 1.54) is 11.8 Å². The third kappa shape index (κ3) is 4.74. The number of amides is 2. The first kappa shape index (κ1) is 23.2. The maximum atomic E-state index is 13.7. The van der Waals surface area contributed by atoms with Crippen molar-refractivity contribution in [1.82, 2.24) is 14.8 Å². The van der Waals surface area contributed by atoms with E-state index in [0.717, 1.165) is 39.2 Å². The molecule has 1 N–H and O–H groups in total. The van der Waals surface area contributed by atoms with Crippen molar-refractivity contribution < 1.29 is 14.3 Å². The maximum Gasteiger partial charge on any atom is 0.247 e. The van der Waals surface area contributed by atoms with Crippen LogP contribution in [0.3, 0.4) is 0 Å². The highest BCUT2D eigenvalue weighted by molar-refractivity contribution is 8.00. The summed E-state index contributed by atoms with van der Waals surface area (Å²) >= 11 is 1.51. The van der Waals surface area contributed by atoms with E-state index >= 15 is 0 Å². The van der Waals surface area contributed by atoms with Crippen molar-refractivity contribution in [2.24, 2.45) is 13.0 Å². The predicted octanol–water partition coefficient (Wildman–Crippen LogP) is 4.52. The van der Waals surface area contributed by atoms with Gasteiger partial charge >= 0.3 is 0 Å². The smallest absolute Gasteiger partial charge is 0.247 e. The van der Waals surface area contributed by atoms with Crippen LogP contribution in [-0.4, -0.2) is 40.7 Å². The lowest BCUT2D eigenvalue weighted by Gasteiger charge is -2.30. The normalized spacial score (nSPS) is 16.1. The van der Waals surface area contributed by atoms with Crippen molar-refractivity contribution in [3.8, 4) is 5.75 Å². The van der Waals surface area contributed by atoms with Gasteiger partial charge in [0.2, 0.25) is 11.8 Å². The SMILES string of the molecule is COc1cccc(CN2C(=O)CSc3c(c4ccccc4n3C)[C@@H]2C(=O)NCCC(C)C)c1. The molecule has 1 aliphatic heterocycles. The Balaban J connectivity index is 1.80. The van der Waals surface area contributed by atoms with E-state index in [0.29, 0.717) is 19.0 Å². The average molecular weight is 466 g/mol. The van der Waals surface area contributed by atoms with Crippen LogP contribution in [-0.2, 0) is 23.2 Å². The van der Waals surface area contributed by atoms with Gasteiger partial charge in [0, 0.05) is 36.6 Å². The Kier molecular flexibility index (Phi) is 6.98. The highest BCUT2D eigenvalue weighted by atomic mass is 32.2. The number of ether oxygens (including phenoxy) is 1. The second-order valence-corrected chi connectivity index (χ2v) is 9.80. The van der Waals surface area contributed by atoms with Crippen LogP contribution in [0.1, 0.15) is 37.4 Å². The first-order valence-electron chi connectivity index (χ1n) is 11.3. The quantitative estimate of drug-likeness (QED) is 0.557. The van der Waals surface area contributed by atoms with Gasteiger partial charge in [0.15, 0.2) is 0 Å². The highest BCUT2D eigenvalue weighted by Gasteiger charge is 2.38. The van der Waals surface area contributed by atoms with Gasteiger partial charge in [-0.2, -0.15) is 0 Å². The van der Waals surface area contributed by atoms with Crippen molar-refractivity contribution in [2.45, 2.75) is 37.9 Å². The number of hydrogen-bond acceptors (Lipinski definition) is 4. The Bertz CT molecular complexity index is 1170. The number of para-hydroxylation sites is 1. The van der Waals surface area contributed by atoms with Crippen molar-refractivity contribution >= 4 is 34.5 Å². The fourth-order valence-corrected chi connectivity index (χ4v) is 5.45. The topological polar surface area (TPSA) is 63.6 Å². The molecule has 1 atom stereocenters. The fourth-order valence-electron chi connectivity index (χ4n) is 4.35. The molecular formula is C26H31N3O3S. The van der Waals surface area contributed by atoms with Gasteiger partial charge in [-0.3, -0.25) is 9.59 Å². The Hall–Kier alpha value is -2.93. The lowest BCUT2D eigenvalue weighted by atomic mass is 10.0. The fraction of sp³-hybridized carbons (Fsp3) is 0.385. The van der Waals surface area contributed by atoms with E-state index in [-0.39, 0.29) is 17.6 Å². The molecule has 0 radical (unpaired) electrons. The molecule has 2 heterocycles. The van der Waals surface area contributed by atoms with Crippen molar-refractivity contribution in [3.05, 3.63) is 59.7 Å². The summed E-state index contributed by atoms with van der Waals surface area (Å²) in [6, 6.07) is 15.1. The molecular weight excluding hydrogens is 434 g/mol. The number of rotatable bonds is 7. The molecule has 1 aliphatic rings. The van der Waals surface area contributed by atoms with Gasteiger partial charge in [-0.1, -0.05) is 55.9 Å². The van der Waals surface area contributed by atoms with Gasteiger partial charge < -0.3 is 19.5 Å². The molecule has 1 aromatic heterocycles. The Morgan fingerprint density at radius 3 is 2.76 bits per heavy atom. The van der Waals surface area contributed by atoms with Crippen LogP contribution in [0.15, 0.2) is 53.6 Å². The zero-order chi connectivity index (χ0) is 23.5. The number of benzene rings is 2. The molecule has 0 saturated carbocycles. The molecule has 33 heavy (non-hydrogen) atoms. The standard InChI is InChI=1S/C26H31N3O3S/c1-17(2)12-13-27-25(31)24-23-20-10-5-6-11-21(20)28(3)26(23)33-16-22(30)29(24)15-18-8-7-9-19(14-18)32-4/h5-11,14,17,24H,12-13,15-16H2,1-4H3,(H,27,31)/t24-/m1/s1. The van der Waals surface area contributed by atoms with E-state index in [9.17, 15) is 9.59 Å². The third-order valence-electron chi connectivity index (χ3n) is 6.08. The molecule has 7 heteroatoms. The third-order valence-corrected chi connectivity index (χ3v) is 7.24. The van der Waals surface area contributed by atoms with Crippen molar-refractivity contribution in [1.29, 1.82) is 0 Å². The van der Waals surface area contributed by atoms with Crippen LogP contribution < -0.4 is 10.1 Å². The maximum absolute atomic E-state index is 13.7. The van der Waals surface area contributed by atoms with E-state index in [2.05, 4.69) is 29.8 Å². The first-order chi connectivity index (χ1) is 15.9. The molecule has 0 unspecified atom stereocenters. The highest BCUT2D eigenvalue weighted by Crippen LogP contribution is 2.42. The number of carbonyl (C=O) groups is 2. The molecule has 2 aromatic carbocycles. The monoisotopic (exact) mass is 465 g/mol. The second kappa shape index (κ2) is 9.91. The van der Waals surface area contributed by atoms with E-state index < -0.39 is 6.04 Å². The van der Waals surface area contributed by atoms with Crippen molar-refractivity contribution in [3.63, 3.8) is 0 Å². The first-order valence-corrected chi connectivity index (χ1v) is 12.3. The van der Waals surface area contributed by atoms with Crippen LogP contribution in [0.5, 0.6) is 5.75 Å². The average Bonchev–Trinajstić information content (AvgIpc) is 2.99. The number of carbonyl (C=O) groups excluding carboxylic acids is 2. The van der Waals surface area contributed by atoms with Crippen LogP contribution in [0.25, 0.3) is 10.9 Å². The zero-order valence-electron chi connectivity index (χ0n) is 19.6. The molecule has 174 valence electrons. The van der Waals surface area contributed by atoms with Gasteiger partial charge in [0.05, 0.1) is 17.9 Å². The summed E-state index contributed by atoms with van der Waals surface area (Å²) in [6.45, 7) is 5.19. The van der Waals surface area contributed by atoms with Gasteiger partial charge in [0.25, 0.3) is 0 Å². The van der Waals surface area contributed by atoms with Crippen LogP contribution in [0, 0.1) is 5.92 Å². The summed E-state index contributed by atoms with van der Waals surface area (Å²) in [5.74, 6) is 1.32. The summed E-state index contributed by atoms with van der Waals surface area (Å²) in [5, 5.41) is 5.09. The van der Waals surface area contributed by atoms with Gasteiger partial charge in [-0.15, -0.1) is 0 Å². The van der Waals surface area contributed by atoms with Crippen LogP contribution >= 0.6 is 11.8 Å². The molecule has 0 spiro atoms. The van der Waals surface area contributed by atoms with Crippen molar-refractivity contribution in [2.75, 3.05) is 19.4 Å². The lowest BCUT2D eigenvalue weighted by molar-refractivity contribution is -0.139. The lowest BCUT2D eigenvalue weighted by Crippen LogP contribution is -2.43. The number of thioether (sulfide) groups is 1. The van der Waals surface area contributed by atoms with Gasteiger partial charge in [-0.05, 0) is 36.1 Å². The second-order valence-electron chi connectivity index (χ2n) is 8.83.